The highest BCUT2D eigenvalue weighted by atomic mass is 127. The maximum absolute atomic E-state index is 4.29. The first-order valence-corrected chi connectivity index (χ1v) is 6.30. The minimum absolute atomic E-state index is 0.908. The normalized spacial score (nSPS) is 10.4. The number of hydrogen-bond donors (Lipinski definition) is 1. The number of aromatic nitrogens is 2. The van der Waals surface area contributed by atoms with Gasteiger partial charge >= 0.3 is 0 Å². The molecule has 3 nitrogen and oxygen atoms in total. The topological polar surface area (TPSA) is 29.9 Å². The van der Waals surface area contributed by atoms with Crippen molar-refractivity contribution in [3.05, 3.63) is 46.1 Å². The standard InChI is InChI=1S/C12H14IN3/c1-16-9-8-15-12(16)6-7-14-11-5-3-2-4-10(11)13/h2-5,8-9,14H,6-7H2,1H3. The summed E-state index contributed by atoms with van der Waals surface area (Å²) in [5, 5.41) is 3.42. The number of imidazole rings is 1. The van der Waals surface area contributed by atoms with Crippen LogP contribution in [0.25, 0.3) is 0 Å². The molecule has 0 bridgehead atoms. The number of nitrogens with one attached hydrogen (secondary N) is 1. The Morgan fingerprint density at radius 2 is 2.19 bits per heavy atom. The summed E-state index contributed by atoms with van der Waals surface area (Å²) in [6, 6.07) is 8.29. The minimum atomic E-state index is 0.908. The lowest BCUT2D eigenvalue weighted by Crippen LogP contribution is -2.09. The van der Waals surface area contributed by atoms with Crippen LogP contribution >= 0.6 is 22.6 Å². The third kappa shape index (κ3) is 2.75. The fourth-order valence-electron chi connectivity index (χ4n) is 1.55. The van der Waals surface area contributed by atoms with E-state index >= 15 is 0 Å². The molecule has 2 rings (SSSR count). The maximum atomic E-state index is 4.29. The molecule has 0 fully saturated rings. The van der Waals surface area contributed by atoms with Crippen LogP contribution in [0.5, 0.6) is 0 Å². The van der Waals surface area contributed by atoms with Crippen LogP contribution in [-0.2, 0) is 13.5 Å². The summed E-state index contributed by atoms with van der Waals surface area (Å²) in [5.41, 5.74) is 1.19. The predicted molar refractivity (Wildman–Crippen MR) is 74.6 cm³/mol. The quantitative estimate of drug-likeness (QED) is 0.875. The molecular formula is C12H14IN3. The molecule has 1 N–H and O–H groups in total. The van der Waals surface area contributed by atoms with Crippen LogP contribution in [0.1, 0.15) is 5.82 Å². The summed E-state index contributed by atoms with van der Waals surface area (Å²) in [7, 11) is 2.02. The molecule has 84 valence electrons. The van der Waals surface area contributed by atoms with E-state index in [1.165, 1.54) is 9.26 Å². The summed E-state index contributed by atoms with van der Waals surface area (Å²) in [5.74, 6) is 1.11. The van der Waals surface area contributed by atoms with Gasteiger partial charge in [-0.2, -0.15) is 0 Å². The lowest BCUT2D eigenvalue weighted by molar-refractivity contribution is 0.789. The summed E-state index contributed by atoms with van der Waals surface area (Å²) in [6.07, 6.45) is 4.75. The Hall–Kier alpha value is -1.04. The zero-order chi connectivity index (χ0) is 11.4. The van der Waals surface area contributed by atoms with Crippen molar-refractivity contribution >= 4 is 28.3 Å². The Labute approximate surface area is 109 Å². The molecule has 0 radical (unpaired) electrons. The van der Waals surface area contributed by atoms with Crippen molar-refractivity contribution in [2.75, 3.05) is 11.9 Å². The van der Waals surface area contributed by atoms with Crippen LogP contribution in [0.2, 0.25) is 0 Å². The molecule has 0 aliphatic carbocycles. The summed E-state index contributed by atoms with van der Waals surface area (Å²) in [4.78, 5) is 4.29. The van der Waals surface area contributed by atoms with Crippen LogP contribution in [0.3, 0.4) is 0 Å². The van der Waals surface area contributed by atoms with Crippen molar-refractivity contribution in [1.29, 1.82) is 0 Å². The highest BCUT2D eigenvalue weighted by molar-refractivity contribution is 14.1. The predicted octanol–water partition coefficient (Wildman–Crippen LogP) is 2.68. The van der Waals surface area contributed by atoms with Crippen LogP contribution in [0.15, 0.2) is 36.7 Å². The number of nitrogens with zero attached hydrogens (tertiary/aromatic N) is 2. The largest absolute Gasteiger partial charge is 0.384 e. The van der Waals surface area contributed by atoms with E-state index in [0.29, 0.717) is 0 Å². The van der Waals surface area contributed by atoms with E-state index in [9.17, 15) is 0 Å². The lowest BCUT2D eigenvalue weighted by atomic mass is 10.3. The molecule has 0 aliphatic rings. The second-order valence-corrected chi connectivity index (χ2v) is 4.77. The first kappa shape index (κ1) is 11.4. The molecule has 0 spiro atoms. The summed E-state index contributed by atoms with van der Waals surface area (Å²) in [6.45, 7) is 0.908. The van der Waals surface area contributed by atoms with Gasteiger partial charge in [-0.3, -0.25) is 0 Å². The number of benzene rings is 1. The smallest absolute Gasteiger partial charge is 0.110 e. The monoisotopic (exact) mass is 327 g/mol. The number of para-hydroxylation sites is 1. The molecule has 0 unspecified atom stereocenters. The van der Waals surface area contributed by atoms with E-state index in [2.05, 4.69) is 49.6 Å². The molecule has 0 atom stereocenters. The molecule has 1 aromatic carbocycles. The first-order valence-electron chi connectivity index (χ1n) is 5.22. The van der Waals surface area contributed by atoms with Crippen molar-refractivity contribution in [3.8, 4) is 0 Å². The SMILES string of the molecule is Cn1ccnc1CCNc1ccccc1I. The Kier molecular flexibility index (Phi) is 3.82. The van der Waals surface area contributed by atoms with Gasteiger partial charge in [-0.25, -0.2) is 4.98 Å². The number of rotatable bonds is 4. The average molecular weight is 327 g/mol. The van der Waals surface area contributed by atoms with E-state index in [-0.39, 0.29) is 0 Å². The van der Waals surface area contributed by atoms with E-state index in [1.54, 1.807) is 0 Å². The first-order chi connectivity index (χ1) is 7.77. The fourth-order valence-corrected chi connectivity index (χ4v) is 2.13. The zero-order valence-corrected chi connectivity index (χ0v) is 11.3. The fraction of sp³-hybridized carbons (Fsp3) is 0.250. The number of aryl methyl sites for hydroxylation is 1. The Morgan fingerprint density at radius 3 is 2.88 bits per heavy atom. The van der Waals surface area contributed by atoms with Gasteiger partial charge in [0.2, 0.25) is 0 Å². The van der Waals surface area contributed by atoms with E-state index in [0.717, 1.165) is 18.8 Å². The van der Waals surface area contributed by atoms with Crippen LogP contribution in [0, 0.1) is 3.57 Å². The molecule has 0 amide bonds. The van der Waals surface area contributed by atoms with Crippen LogP contribution in [0.4, 0.5) is 5.69 Å². The van der Waals surface area contributed by atoms with Gasteiger partial charge in [0.1, 0.15) is 5.82 Å². The lowest BCUT2D eigenvalue weighted by Gasteiger charge is -2.08. The third-order valence-electron chi connectivity index (χ3n) is 2.46. The highest BCUT2D eigenvalue weighted by Gasteiger charge is 2.00. The van der Waals surface area contributed by atoms with E-state index < -0.39 is 0 Å². The van der Waals surface area contributed by atoms with Crippen molar-refractivity contribution in [3.63, 3.8) is 0 Å². The molecule has 0 saturated carbocycles. The molecule has 1 aromatic heterocycles. The Bertz CT molecular complexity index is 465. The minimum Gasteiger partial charge on any atom is -0.384 e. The number of anilines is 1. The van der Waals surface area contributed by atoms with Gasteiger partial charge in [0.15, 0.2) is 0 Å². The average Bonchev–Trinajstić information content (AvgIpc) is 2.67. The number of hydrogen-bond acceptors (Lipinski definition) is 2. The Morgan fingerprint density at radius 1 is 1.38 bits per heavy atom. The molecule has 0 saturated heterocycles. The van der Waals surface area contributed by atoms with Gasteiger partial charge in [0.05, 0.1) is 0 Å². The van der Waals surface area contributed by atoms with Gasteiger partial charge in [-0.05, 0) is 34.7 Å². The second-order valence-electron chi connectivity index (χ2n) is 3.61. The van der Waals surface area contributed by atoms with Gasteiger partial charge in [0, 0.05) is 41.7 Å². The van der Waals surface area contributed by atoms with Gasteiger partial charge in [-0.1, -0.05) is 12.1 Å². The summed E-state index contributed by atoms with van der Waals surface area (Å²) >= 11 is 2.34. The van der Waals surface area contributed by atoms with E-state index in [4.69, 9.17) is 0 Å². The van der Waals surface area contributed by atoms with Crippen LogP contribution in [-0.4, -0.2) is 16.1 Å². The van der Waals surface area contributed by atoms with E-state index in [1.807, 2.05) is 31.6 Å². The van der Waals surface area contributed by atoms with Crippen molar-refractivity contribution in [2.24, 2.45) is 7.05 Å². The van der Waals surface area contributed by atoms with Crippen LogP contribution < -0.4 is 5.32 Å². The van der Waals surface area contributed by atoms with Crippen molar-refractivity contribution < 1.29 is 0 Å². The van der Waals surface area contributed by atoms with Gasteiger partial charge in [-0.15, -0.1) is 0 Å². The molecular weight excluding hydrogens is 313 g/mol. The van der Waals surface area contributed by atoms with Gasteiger partial charge in [0.25, 0.3) is 0 Å². The van der Waals surface area contributed by atoms with Crippen molar-refractivity contribution in [2.45, 2.75) is 6.42 Å². The third-order valence-corrected chi connectivity index (χ3v) is 3.40. The maximum Gasteiger partial charge on any atom is 0.110 e. The molecule has 16 heavy (non-hydrogen) atoms. The Balaban J connectivity index is 1.89. The number of halogens is 1. The van der Waals surface area contributed by atoms with Gasteiger partial charge < -0.3 is 9.88 Å². The molecule has 0 aliphatic heterocycles. The van der Waals surface area contributed by atoms with Crippen molar-refractivity contribution in [1.82, 2.24) is 9.55 Å². The zero-order valence-electron chi connectivity index (χ0n) is 9.15. The summed E-state index contributed by atoms with van der Waals surface area (Å²) < 4.78 is 3.30. The molecule has 4 heteroatoms. The molecule has 1 heterocycles. The molecule has 2 aromatic rings. The second kappa shape index (κ2) is 5.34. The highest BCUT2D eigenvalue weighted by Crippen LogP contribution is 2.16.